The van der Waals surface area contributed by atoms with Crippen LogP contribution in [0.3, 0.4) is 0 Å². The molecule has 0 saturated carbocycles. The fraction of sp³-hybridized carbons (Fsp3) is 0.222. The van der Waals surface area contributed by atoms with Crippen LogP contribution in [-0.4, -0.2) is 11.1 Å². The number of nitrogens with zero attached hydrogens (tertiary/aromatic N) is 1. The second-order valence-corrected chi connectivity index (χ2v) is 4.78. The second kappa shape index (κ2) is 5.54. The maximum Gasteiger partial charge on any atom is 0.129 e. The van der Waals surface area contributed by atoms with Crippen LogP contribution in [0.25, 0.3) is 0 Å². The molecule has 0 bridgehead atoms. The summed E-state index contributed by atoms with van der Waals surface area (Å²) in [5.74, 6) is 0.612. The highest BCUT2D eigenvalue weighted by Crippen LogP contribution is 2.27. The monoisotopic (exact) mass is 275 g/mol. The molecule has 0 fully saturated rings. The van der Waals surface area contributed by atoms with Crippen LogP contribution in [-0.2, 0) is 0 Å². The lowest BCUT2D eigenvalue weighted by Crippen LogP contribution is -1.96. The van der Waals surface area contributed by atoms with Gasteiger partial charge in [0.15, 0.2) is 0 Å². The smallest absolute Gasteiger partial charge is 0.129 e. The maximum absolute atomic E-state index is 8.48. The van der Waals surface area contributed by atoms with Gasteiger partial charge in [-0.2, -0.15) is 5.26 Å². The molecule has 0 aliphatic rings. The third-order valence-corrected chi connectivity index (χ3v) is 3.92. The molecule has 1 nitrogen and oxygen atoms in total. The number of nitriles is 1. The molecule has 68 valence electrons. The predicted molar refractivity (Wildman–Crippen MR) is 60.1 cm³/mol. The van der Waals surface area contributed by atoms with Crippen LogP contribution in [0, 0.1) is 11.3 Å². The standard InChI is InChI=1S/C9H7BrClNS/c10-8-3-1-2-4-9(8)13-6-7(11)5-12/h1-4,7H,6H2. The van der Waals surface area contributed by atoms with Gasteiger partial charge in [-0.15, -0.1) is 23.4 Å². The fourth-order valence-electron chi connectivity index (χ4n) is 0.762. The molecule has 4 heteroatoms. The Labute approximate surface area is 95.2 Å². The SMILES string of the molecule is N#CC(Cl)CSc1ccccc1Br. The fourth-order valence-corrected chi connectivity index (χ4v) is 2.36. The molecule has 0 heterocycles. The molecule has 1 atom stereocenters. The number of hydrogen-bond donors (Lipinski definition) is 0. The van der Waals surface area contributed by atoms with Gasteiger partial charge in [0.25, 0.3) is 0 Å². The Morgan fingerprint density at radius 2 is 2.23 bits per heavy atom. The first-order valence-corrected chi connectivity index (χ1v) is 5.86. The molecule has 1 unspecified atom stereocenters. The molecular formula is C9H7BrClNS. The zero-order valence-corrected chi connectivity index (χ0v) is 9.86. The largest absolute Gasteiger partial charge is 0.197 e. The van der Waals surface area contributed by atoms with Crippen LogP contribution < -0.4 is 0 Å². The van der Waals surface area contributed by atoms with Crippen molar-refractivity contribution in [2.75, 3.05) is 5.75 Å². The van der Waals surface area contributed by atoms with Crippen molar-refractivity contribution in [3.05, 3.63) is 28.7 Å². The number of benzene rings is 1. The summed E-state index contributed by atoms with van der Waals surface area (Å²) in [7, 11) is 0. The lowest BCUT2D eigenvalue weighted by molar-refractivity contribution is 1.24. The number of halogens is 2. The minimum Gasteiger partial charge on any atom is -0.197 e. The Bertz CT molecular complexity index is 324. The average Bonchev–Trinajstić information content (AvgIpc) is 2.16. The van der Waals surface area contributed by atoms with E-state index in [0.717, 1.165) is 9.37 Å². The van der Waals surface area contributed by atoms with Crippen LogP contribution in [0.15, 0.2) is 33.6 Å². The molecule has 13 heavy (non-hydrogen) atoms. The van der Waals surface area contributed by atoms with Gasteiger partial charge in [0.2, 0.25) is 0 Å². The van der Waals surface area contributed by atoms with E-state index in [9.17, 15) is 0 Å². The van der Waals surface area contributed by atoms with Crippen LogP contribution in [0.5, 0.6) is 0 Å². The lowest BCUT2D eigenvalue weighted by Gasteiger charge is -2.03. The summed E-state index contributed by atoms with van der Waals surface area (Å²) < 4.78 is 1.04. The number of alkyl halides is 1. The van der Waals surface area contributed by atoms with Gasteiger partial charge in [0.1, 0.15) is 5.38 Å². The zero-order valence-electron chi connectivity index (χ0n) is 6.71. The minimum absolute atomic E-state index is 0.419. The first-order valence-electron chi connectivity index (χ1n) is 3.65. The van der Waals surface area contributed by atoms with Crippen LogP contribution in [0.1, 0.15) is 0 Å². The molecule has 0 aliphatic heterocycles. The molecule has 1 rings (SSSR count). The van der Waals surface area contributed by atoms with Gasteiger partial charge >= 0.3 is 0 Å². The third-order valence-electron chi connectivity index (χ3n) is 1.36. The Balaban J connectivity index is 2.56. The molecule has 1 aromatic rings. The summed E-state index contributed by atoms with van der Waals surface area (Å²) in [6, 6.07) is 9.87. The van der Waals surface area contributed by atoms with E-state index in [1.54, 1.807) is 11.8 Å². The summed E-state index contributed by atoms with van der Waals surface area (Å²) >= 11 is 10.7. The number of rotatable bonds is 3. The van der Waals surface area contributed by atoms with E-state index in [1.807, 2.05) is 30.3 Å². The number of thioether (sulfide) groups is 1. The Kier molecular flexibility index (Phi) is 4.65. The summed E-state index contributed by atoms with van der Waals surface area (Å²) in [4.78, 5) is 1.11. The maximum atomic E-state index is 8.48. The molecule has 0 aliphatic carbocycles. The van der Waals surface area contributed by atoms with Crippen LogP contribution >= 0.6 is 39.3 Å². The van der Waals surface area contributed by atoms with Crippen molar-refractivity contribution in [1.29, 1.82) is 5.26 Å². The molecule has 0 amide bonds. The summed E-state index contributed by atoms with van der Waals surface area (Å²) in [6.45, 7) is 0. The third kappa shape index (κ3) is 3.60. The van der Waals surface area contributed by atoms with Gasteiger partial charge in [-0.05, 0) is 28.1 Å². The van der Waals surface area contributed by atoms with E-state index in [4.69, 9.17) is 16.9 Å². The van der Waals surface area contributed by atoms with E-state index in [2.05, 4.69) is 15.9 Å². The zero-order chi connectivity index (χ0) is 9.68. The molecule has 0 saturated heterocycles. The van der Waals surface area contributed by atoms with Crippen molar-refractivity contribution >= 4 is 39.3 Å². The van der Waals surface area contributed by atoms with Crippen molar-refractivity contribution in [3.8, 4) is 6.07 Å². The quantitative estimate of drug-likeness (QED) is 0.621. The normalized spacial score (nSPS) is 12.1. The highest BCUT2D eigenvalue weighted by atomic mass is 79.9. The van der Waals surface area contributed by atoms with Gasteiger partial charge in [-0.3, -0.25) is 0 Å². The van der Waals surface area contributed by atoms with Crippen molar-refractivity contribution < 1.29 is 0 Å². The van der Waals surface area contributed by atoms with E-state index in [0.29, 0.717) is 5.75 Å². The molecule has 1 aromatic carbocycles. The van der Waals surface area contributed by atoms with E-state index in [1.165, 1.54) is 0 Å². The minimum atomic E-state index is -0.419. The van der Waals surface area contributed by atoms with Gasteiger partial charge in [-0.1, -0.05) is 12.1 Å². The van der Waals surface area contributed by atoms with E-state index in [-0.39, 0.29) is 0 Å². The first-order chi connectivity index (χ1) is 6.24. The van der Waals surface area contributed by atoms with Gasteiger partial charge in [0.05, 0.1) is 6.07 Å². The highest BCUT2D eigenvalue weighted by molar-refractivity contribution is 9.10. The molecular weight excluding hydrogens is 270 g/mol. The van der Waals surface area contributed by atoms with Crippen molar-refractivity contribution in [2.45, 2.75) is 10.3 Å². The molecule has 0 aromatic heterocycles. The highest BCUT2D eigenvalue weighted by Gasteiger charge is 2.04. The van der Waals surface area contributed by atoms with Gasteiger partial charge < -0.3 is 0 Å². The van der Waals surface area contributed by atoms with Crippen LogP contribution in [0.4, 0.5) is 0 Å². The van der Waals surface area contributed by atoms with Gasteiger partial charge in [0, 0.05) is 15.1 Å². The van der Waals surface area contributed by atoms with E-state index < -0.39 is 5.38 Å². The molecule has 0 radical (unpaired) electrons. The Morgan fingerprint density at radius 3 is 2.85 bits per heavy atom. The predicted octanol–water partition coefficient (Wildman–Crippen LogP) is 3.67. The van der Waals surface area contributed by atoms with E-state index >= 15 is 0 Å². The number of hydrogen-bond acceptors (Lipinski definition) is 2. The van der Waals surface area contributed by atoms with Crippen molar-refractivity contribution in [3.63, 3.8) is 0 Å². The van der Waals surface area contributed by atoms with Crippen LogP contribution in [0.2, 0.25) is 0 Å². The lowest BCUT2D eigenvalue weighted by atomic mass is 10.4. The summed E-state index contributed by atoms with van der Waals surface area (Å²) in [5, 5.41) is 8.06. The topological polar surface area (TPSA) is 23.8 Å². The van der Waals surface area contributed by atoms with Crippen molar-refractivity contribution in [1.82, 2.24) is 0 Å². The summed E-state index contributed by atoms with van der Waals surface area (Å²) in [6.07, 6.45) is 0. The van der Waals surface area contributed by atoms with Crippen molar-refractivity contribution in [2.24, 2.45) is 0 Å². The second-order valence-electron chi connectivity index (χ2n) is 2.34. The Hall–Kier alpha value is -0.170. The average molecular weight is 277 g/mol. The first kappa shape index (κ1) is 10.9. The molecule has 0 N–H and O–H groups in total. The summed E-state index contributed by atoms with van der Waals surface area (Å²) in [5.41, 5.74) is 0. The van der Waals surface area contributed by atoms with Gasteiger partial charge in [-0.25, -0.2) is 0 Å². The molecule has 0 spiro atoms. The Morgan fingerprint density at radius 1 is 1.54 bits per heavy atom.